The minimum Gasteiger partial charge on any atom is -0.396 e. The monoisotopic (exact) mass is 282 g/mol. The van der Waals surface area contributed by atoms with Crippen molar-refractivity contribution in [1.82, 2.24) is 10.6 Å². The maximum absolute atomic E-state index is 11.9. The molecular weight excluding hydrogens is 256 g/mol. The van der Waals surface area contributed by atoms with Crippen LogP contribution in [-0.4, -0.2) is 36.1 Å². The largest absolute Gasteiger partial charge is 0.396 e. The van der Waals surface area contributed by atoms with Gasteiger partial charge in [0.05, 0.1) is 6.54 Å². The molecule has 0 bridgehead atoms. The molecule has 0 spiro atoms. The van der Waals surface area contributed by atoms with Gasteiger partial charge in [0.2, 0.25) is 11.8 Å². The van der Waals surface area contributed by atoms with Crippen LogP contribution in [0.4, 0.5) is 0 Å². The summed E-state index contributed by atoms with van der Waals surface area (Å²) in [6.45, 7) is 0.184. The van der Waals surface area contributed by atoms with Crippen LogP contribution in [0.5, 0.6) is 0 Å². The summed E-state index contributed by atoms with van der Waals surface area (Å²) in [4.78, 5) is 23.7. The summed E-state index contributed by atoms with van der Waals surface area (Å²) in [5, 5.41) is 15.0. The lowest BCUT2D eigenvalue weighted by atomic mass is 9.85. The molecule has 0 radical (unpaired) electrons. The van der Waals surface area contributed by atoms with Crippen molar-refractivity contribution in [1.29, 1.82) is 0 Å². The lowest BCUT2D eigenvalue weighted by Gasteiger charge is -2.30. The average molecular weight is 282 g/mol. The Bertz CT molecular complexity index is 340. The van der Waals surface area contributed by atoms with E-state index in [-0.39, 0.29) is 42.8 Å². The Kier molecular flexibility index (Phi) is 5.83. The van der Waals surface area contributed by atoms with Crippen LogP contribution < -0.4 is 10.6 Å². The van der Waals surface area contributed by atoms with Gasteiger partial charge in [-0.15, -0.1) is 0 Å². The fourth-order valence-corrected chi connectivity index (χ4v) is 3.37. The normalized spacial score (nSPS) is 27.2. The van der Waals surface area contributed by atoms with Gasteiger partial charge in [0.1, 0.15) is 0 Å². The first kappa shape index (κ1) is 15.3. The van der Waals surface area contributed by atoms with E-state index < -0.39 is 0 Å². The number of rotatable bonds is 5. The molecule has 5 nitrogen and oxygen atoms in total. The molecule has 2 aliphatic carbocycles. The van der Waals surface area contributed by atoms with Crippen molar-refractivity contribution >= 4 is 11.8 Å². The standard InChI is InChI=1S/C15H26N2O3/c18-10-12-7-3-4-8-13(12)17-14(19)9-16-15(20)11-5-1-2-6-11/h11-13,18H,1-10H2,(H,16,20)(H,17,19). The predicted octanol–water partition coefficient (Wildman–Crippen LogP) is 0.960. The first-order valence-corrected chi connectivity index (χ1v) is 7.88. The molecule has 2 rings (SSSR count). The average Bonchev–Trinajstić information content (AvgIpc) is 2.99. The number of aliphatic hydroxyl groups excluding tert-OH is 1. The highest BCUT2D eigenvalue weighted by molar-refractivity contribution is 5.86. The highest BCUT2D eigenvalue weighted by Crippen LogP contribution is 2.25. The van der Waals surface area contributed by atoms with Gasteiger partial charge in [-0.2, -0.15) is 0 Å². The first-order valence-electron chi connectivity index (χ1n) is 7.88. The Morgan fingerprint density at radius 1 is 1.00 bits per heavy atom. The van der Waals surface area contributed by atoms with E-state index in [4.69, 9.17) is 0 Å². The van der Waals surface area contributed by atoms with Crippen LogP contribution in [0.25, 0.3) is 0 Å². The van der Waals surface area contributed by atoms with Crippen molar-refractivity contribution in [2.24, 2.45) is 11.8 Å². The van der Waals surface area contributed by atoms with Crippen LogP contribution in [0.3, 0.4) is 0 Å². The van der Waals surface area contributed by atoms with Crippen LogP contribution >= 0.6 is 0 Å². The van der Waals surface area contributed by atoms with E-state index in [1.807, 2.05) is 0 Å². The Hall–Kier alpha value is -1.10. The van der Waals surface area contributed by atoms with Crippen molar-refractivity contribution in [3.63, 3.8) is 0 Å². The molecule has 2 fully saturated rings. The van der Waals surface area contributed by atoms with E-state index in [0.29, 0.717) is 0 Å². The van der Waals surface area contributed by atoms with Gasteiger partial charge in [-0.3, -0.25) is 9.59 Å². The minimum atomic E-state index is -0.137. The Labute approximate surface area is 120 Å². The third-order valence-corrected chi connectivity index (χ3v) is 4.64. The highest BCUT2D eigenvalue weighted by atomic mass is 16.3. The first-order chi connectivity index (χ1) is 9.70. The van der Waals surface area contributed by atoms with Crippen molar-refractivity contribution in [2.75, 3.05) is 13.2 Å². The highest BCUT2D eigenvalue weighted by Gasteiger charge is 2.26. The molecular formula is C15H26N2O3. The zero-order valence-corrected chi connectivity index (χ0v) is 12.1. The number of aliphatic hydroxyl groups is 1. The van der Waals surface area contributed by atoms with Crippen LogP contribution in [0, 0.1) is 11.8 Å². The third-order valence-electron chi connectivity index (χ3n) is 4.64. The molecule has 2 aliphatic rings. The van der Waals surface area contributed by atoms with Crippen molar-refractivity contribution in [2.45, 2.75) is 57.4 Å². The van der Waals surface area contributed by atoms with Gasteiger partial charge in [0.15, 0.2) is 0 Å². The number of hydrogen-bond acceptors (Lipinski definition) is 3. The van der Waals surface area contributed by atoms with E-state index in [0.717, 1.165) is 51.4 Å². The fourth-order valence-electron chi connectivity index (χ4n) is 3.37. The molecule has 2 atom stereocenters. The summed E-state index contributed by atoms with van der Waals surface area (Å²) in [7, 11) is 0. The molecule has 0 aliphatic heterocycles. The number of amides is 2. The van der Waals surface area contributed by atoms with Crippen molar-refractivity contribution < 1.29 is 14.7 Å². The van der Waals surface area contributed by atoms with Gasteiger partial charge in [0, 0.05) is 24.5 Å². The maximum atomic E-state index is 11.9. The minimum absolute atomic E-state index is 0.0139. The van der Waals surface area contributed by atoms with Crippen LogP contribution in [0.2, 0.25) is 0 Å². The van der Waals surface area contributed by atoms with Gasteiger partial charge in [-0.05, 0) is 25.7 Å². The summed E-state index contributed by atoms with van der Waals surface area (Å²) in [5.74, 6) is 0.141. The number of hydrogen-bond donors (Lipinski definition) is 3. The lowest BCUT2D eigenvalue weighted by molar-refractivity contribution is -0.129. The summed E-state index contributed by atoms with van der Waals surface area (Å²) in [6.07, 6.45) is 8.23. The number of carbonyl (C=O) groups excluding carboxylic acids is 2. The Balaban J connectivity index is 1.70. The summed E-state index contributed by atoms with van der Waals surface area (Å²) in [5.41, 5.74) is 0. The molecule has 114 valence electrons. The summed E-state index contributed by atoms with van der Waals surface area (Å²) < 4.78 is 0. The zero-order valence-electron chi connectivity index (χ0n) is 12.1. The van der Waals surface area contributed by atoms with Crippen molar-refractivity contribution in [3.8, 4) is 0 Å². The van der Waals surface area contributed by atoms with Gasteiger partial charge >= 0.3 is 0 Å². The van der Waals surface area contributed by atoms with E-state index in [1.54, 1.807) is 0 Å². The van der Waals surface area contributed by atoms with Crippen molar-refractivity contribution in [3.05, 3.63) is 0 Å². The topological polar surface area (TPSA) is 78.4 Å². The molecule has 0 aromatic rings. The fraction of sp³-hybridized carbons (Fsp3) is 0.867. The molecule has 0 saturated heterocycles. The second-order valence-corrected chi connectivity index (χ2v) is 6.10. The zero-order chi connectivity index (χ0) is 14.4. The molecule has 0 heterocycles. The SMILES string of the molecule is O=C(CNC(=O)C1CCCC1)NC1CCCCC1CO. The van der Waals surface area contributed by atoms with Gasteiger partial charge < -0.3 is 15.7 Å². The summed E-state index contributed by atoms with van der Waals surface area (Å²) in [6, 6.07) is 0.0598. The number of carbonyl (C=O) groups is 2. The van der Waals surface area contributed by atoms with Gasteiger partial charge in [-0.25, -0.2) is 0 Å². The van der Waals surface area contributed by atoms with E-state index in [9.17, 15) is 14.7 Å². The van der Waals surface area contributed by atoms with Crippen LogP contribution in [0.15, 0.2) is 0 Å². The molecule has 2 amide bonds. The number of nitrogens with one attached hydrogen (secondary N) is 2. The van der Waals surface area contributed by atoms with Gasteiger partial charge in [0.25, 0.3) is 0 Å². The Morgan fingerprint density at radius 3 is 2.35 bits per heavy atom. The molecule has 3 N–H and O–H groups in total. The summed E-state index contributed by atoms with van der Waals surface area (Å²) >= 11 is 0. The second-order valence-electron chi connectivity index (χ2n) is 6.10. The second kappa shape index (κ2) is 7.62. The maximum Gasteiger partial charge on any atom is 0.239 e. The molecule has 0 aromatic heterocycles. The molecule has 0 aromatic carbocycles. The van der Waals surface area contributed by atoms with Crippen LogP contribution in [-0.2, 0) is 9.59 Å². The van der Waals surface area contributed by atoms with Crippen LogP contribution in [0.1, 0.15) is 51.4 Å². The molecule has 20 heavy (non-hydrogen) atoms. The molecule has 2 unspecified atom stereocenters. The van der Waals surface area contributed by atoms with E-state index >= 15 is 0 Å². The lowest BCUT2D eigenvalue weighted by Crippen LogP contribution is -2.47. The predicted molar refractivity (Wildman–Crippen MR) is 75.9 cm³/mol. The van der Waals surface area contributed by atoms with Gasteiger partial charge in [-0.1, -0.05) is 25.7 Å². The quantitative estimate of drug-likeness (QED) is 0.703. The molecule has 2 saturated carbocycles. The van der Waals surface area contributed by atoms with E-state index in [2.05, 4.69) is 10.6 Å². The molecule has 5 heteroatoms. The van der Waals surface area contributed by atoms with E-state index in [1.165, 1.54) is 0 Å². The Morgan fingerprint density at radius 2 is 1.65 bits per heavy atom. The smallest absolute Gasteiger partial charge is 0.239 e. The third kappa shape index (κ3) is 4.20.